The number of carbonyl (C=O) groups is 1. The molecule has 1 heterocycles. The van der Waals surface area contributed by atoms with Gasteiger partial charge in [-0.1, -0.05) is 35.9 Å². The number of pyridine rings is 1. The standard InChI is InChI=1S/C21H22ClN3O2/c1-4-25(5-2)20-16-9-7-6-8-15(16)17(13-23-20)21(26)24-14-10-11-19(27-3)18(22)12-14/h6-13H,4-5H2,1-3H3,(H,24,26). The normalized spacial score (nSPS) is 10.7. The summed E-state index contributed by atoms with van der Waals surface area (Å²) < 4.78 is 5.14. The lowest BCUT2D eigenvalue weighted by Crippen LogP contribution is -2.23. The molecule has 1 aromatic heterocycles. The van der Waals surface area contributed by atoms with E-state index in [9.17, 15) is 4.79 Å². The zero-order valence-corrected chi connectivity index (χ0v) is 16.4. The fourth-order valence-corrected chi connectivity index (χ4v) is 3.33. The monoisotopic (exact) mass is 383 g/mol. The largest absolute Gasteiger partial charge is 0.495 e. The van der Waals surface area contributed by atoms with E-state index in [1.165, 1.54) is 0 Å². The molecular weight excluding hydrogens is 362 g/mol. The maximum absolute atomic E-state index is 12.9. The summed E-state index contributed by atoms with van der Waals surface area (Å²) in [5.74, 6) is 1.22. The van der Waals surface area contributed by atoms with Crippen molar-refractivity contribution in [1.29, 1.82) is 0 Å². The Morgan fingerprint density at radius 2 is 1.85 bits per heavy atom. The van der Waals surface area contributed by atoms with Crippen molar-refractivity contribution < 1.29 is 9.53 Å². The molecule has 0 saturated heterocycles. The molecule has 0 atom stereocenters. The van der Waals surface area contributed by atoms with Crippen molar-refractivity contribution in [1.82, 2.24) is 4.98 Å². The molecule has 6 heteroatoms. The van der Waals surface area contributed by atoms with Crippen molar-refractivity contribution in [2.75, 3.05) is 30.4 Å². The van der Waals surface area contributed by atoms with Crippen LogP contribution in [-0.2, 0) is 0 Å². The lowest BCUT2D eigenvalue weighted by atomic mass is 10.1. The fourth-order valence-electron chi connectivity index (χ4n) is 3.08. The van der Waals surface area contributed by atoms with E-state index < -0.39 is 0 Å². The summed E-state index contributed by atoms with van der Waals surface area (Å²) in [6.07, 6.45) is 1.64. The molecule has 5 nitrogen and oxygen atoms in total. The van der Waals surface area contributed by atoms with Crippen LogP contribution >= 0.6 is 11.6 Å². The number of rotatable bonds is 6. The molecule has 2 aromatic carbocycles. The average molecular weight is 384 g/mol. The molecule has 3 aromatic rings. The van der Waals surface area contributed by atoms with Crippen LogP contribution in [0.5, 0.6) is 5.75 Å². The average Bonchev–Trinajstić information content (AvgIpc) is 2.69. The highest BCUT2D eigenvalue weighted by Crippen LogP contribution is 2.29. The molecule has 0 radical (unpaired) electrons. The molecule has 0 aliphatic rings. The van der Waals surface area contributed by atoms with Gasteiger partial charge < -0.3 is 15.0 Å². The van der Waals surface area contributed by atoms with Crippen molar-refractivity contribution in [3.63, 3.8) is 0 Å². The predicted molar refractivity (Wildman–Crippen MR) is 111 cm³/mol. The molecule has 1 N–H and O–H groups in total. The molecule has 0 bridgehead atoms. The number of nitrogens with one attached hydrogen (secondary N) is 1. The molecular formula is C21H22ClN3O2. The minimum Gasteiger partial charge on any atom is -0.495 e. The molecule has 140 valence electrons. The number of aromatic nitrogens is 1. The van der Waals surface area contributed by atoms with Crippen LogP contribution in [0.25, 0.3) is 10.8 Å². The van der Waals surface area contributed by atoms with Crippen LogP contribution in [0.4, 0.5) is 11.5 Å². The van der Waals surface area contributed by atoms with Crippen LogP contribution in [0.1, 0.15) is 24.2 Å². The van der Waals surface area contributed by atoms with Crippen molar-refractivity contribution >= 4 is 39.8 Å². The summed E-state index contributed by atoms with van der Waals surface area (Å²) in [5, 5.41) is 5.15. The molecule has 0 spiro atoms. The Kier molecular flexibility index (Phi) is 5.81. The number of ether oxygens (including phenoxy) is 1. The number of hydrogen-bond donors (Lipinski definition) is 1. The first-order chi connectivity index (χ1) is 13.1. The minimum atomic E-state index is -0.231. The van der Waals surface area contributed by atoms with E-state index in [1.807, 2.05) is 24.3 Å². The fraction of sp³-hybridized carbons (Fsp3) is 0.238. The van der Waals surface area contributed by atoms with Gasteiger partial charge in [0.1, 0.15) is 11.6 Å². The quantitative estimate of drug-likeness (QED) is 0.651. The SMILES string of the molecule is CCN(CC)c1ncc(C(=O)Nc2ccc(OC)c(Cl)c2)c2ccccc12. The van der Waals surface area contributed by atoms with E-state index in [0.29, 0.717) is 22.0 Å². The number of carbonyl (C=O) groups excluding carboxylic acids is 1. The zero-order chi connectivity index (χ0) is 19.4. The van der Waals surface area contributed by atoms with Gasteiger partial charge in [0, 0.05) is 30.4 Å². The van der Waals surface area contributed by atoms with Crippen molar-refractivity contribution in [2.24, 2.45) is 0 Å². The Morgan fingerprint density at radius 1 is 1.15 bits per heavy atom. The maximum atomic E-state index is 12.9. The summed E-state index contributed by atoms with van der Waals surface area (Å²) in [4.78, 5) is 19.6. The van der Waals surface area contributed by atoms with Gasteiger partial charge >= 0.3 is 0 Å². The molecule has 3 rings (SSSR count). The van der Waals surface area contributed by atoms with Gasteiger partial charge in [-0.3, -0.25) is 4.79 Å². The topological polar surface area (TPSA) is 54.5 Å². The number of fused-ring (bicyclic) bond motifs is 1. The van der Waals surface area contributed by atoms with E-state index in [0.717, 1.165) is 29.7 Å². The summed E-state index contributed by atoms with van der Waals surface area (Å²) in [7, 11) is 1.55. The third-order valence-corrected chi connectivity index (χ3v) is 4.79. The highest BCUT2D eigenvalue weighted by atomic mass is 35.5. The van der Waals surface area contributed by atoms with Gasteiger partial charge in [0.25, 0.3) is 5.91 Å². The third kappa shape index (κ3) is 3.83. The second-order valence-corrected chi connectivity index (χ2v) is 6.42. The van der Waals surface area contributed by atoms with Gasteiger partial charge in [0.2, 0.25) is 0 Å². The number of methoxy groups -OCH3 is 1. The first-order valence-corrected chi connectivity index (χ1v) is 9.24. The summed E-state index contributed by atoms with van der Waals surface area (Å²) >= 11 is 6.15. The van der Waals surface area contributed by atoms with Gasteiger partial charge in [-0.25, -0.2) is 4.98 Å². The van der Waals surface area contributed by atoms with Crippen LogP contribution < -0.4 is 15.0 Å². The number of halogens is 1. The number of hydrogen-bond acceptors (Lipinski definition) is 4. The van der Waals surface area contributed by atoms with E-state index in [4.69, 9.17) is 16.3 Å². The maximum Gasteiger partial charge on any atom is 0.257 e. The first kappa shape index (κ1) is 19.0. The highest BCUT2D eigenvalue weighted by Gasteiger charge is 2.16. The molecule has 1 amide bonds. The third-order valence-electron chi connectivity index (χ3n) is 4.49. The van der Waals surface area contributed by atoms with Crippen LogP contribution in [0.2, 0.25) is 5.02 Å². The second kappa shape index (κ2) is 8.27. The van der Waals surface area contributed by atoms with E-state index in [1.54, 1.807) is 31.5 Å². The lowest BCUT2D eigenvalue weighted by molar-refractivity contribution is 0.102. The number of amides is 1. The molecule has 0 aliphatic carbocycles. The summed E-state index contributed by atoms with van der Waals surface area (Å²) in [6.45, 7) is 5.88. The smallest absolute Gasteiger partial charge is 0.257 e. The van der Waals surface area contributed by atoms with Crippen LogP contribution in [0.3, 0.4) is 0 Å². The Morgan fingerprint density at radius 3 is 2.48 bits per heavy atom. The van der Waals surface area contributed by atoms with E-state index in [2.05, 4.69) is 29.0 Å². The van der Waals surface area contributed by atoms with Crippen molar-refractivity contribution in [2.45, 2.75) is 13.8 Å². The lowest BCUT2D eigenvalue weighted by Gasteiger charge is -2.22. The van der Waals surface area contributed by atoms with Gasteiger partial charge in [0.15, 0.2) is 0 Å². The van der Waals surface area contributed by atoms with Gasteiger partial charge in [-0.2, -0.15) is 0 Å². The van der Waals surface area contributed by atoms with Crippen molar-refractivity contribution in [3.05, 3.63) is 59.2 Å². The number of benzene rings is 2. The van der Waals surface area contributed by atoms with Crippen LogP contribution in [0.15, 0.2) is 48.7 Å². The molecule has 0 saturated carbocycles. The summed E-state index contributed by atoms with van der Waals surface area (Å²) in [6, 6.07) is 13.0. The zero-order valence-electron chi connectivity index (χ0n) is 15.6. The number of anilines is 2. The molecule has 0 fully saturated rings. The Labute approximate surface area is 163 Å². The van der Waals surface area contributed by atoms with E-state index >= 15 is 0 Å². The van der Waals surface area contributed by atoms with Gasteiger partial charge in [-0.15, -0.1) is 0 Å². The number of nitrogens with zero attached hydrogens (tertiary/aromatic N) is 2. The van der Waals surface area contributed by atoms with Crippen LogP contribution in [-0.4, -0.2) is 31.1 Å². The van der Waals surface area contributed by atoms with Crippen LogP contribution in [0, 0.1) is 0 Å². The Hall–Kier alpha value is -2.79. The minimum absolute atomic E-state index is 0.231. The summed E-state index contributed by atoms with van der Waals surface area (Å²) in [5.41, 5.74) is 1.12. The highest BCUT2D eigenvalue weighted by molar-refractivity contribution is 6.32. The Balaban J connectivity index is 1.98. The Bertz CT molecular complexity index is 971. The van der Waals surface area contributed by atoms with Gasteiger partial charge in [0.05, 0.1) is 17.7 Å². The van der Waals surface area contributed by atoms with Gasteiger partial charge in [-0.05, 0) is 37.4 Å². The van der Waals surface area contributed by atoms with E-state index in [-0.39, 0.29) is 5.91 Å². The second-order valence-electron chi connectivity index (χ2n) is 6.02. The predicted octanol–water partition coefficient (Wildman–Crippen LogP) is 5.00. The first-order valence-electron chi connectivity index (χ1n) is 8.86. The molecule has 0 unspecified atom stereocenters. The van der Waals surface area contributed by atoms with Crippen molar-refractivity contribution in [3.8, 4) is 5.75 Å². The molecule has 27 heavy (non-hydrogen) atoms. The molecule has 0 aliphatic heterocycles.